The second-order valence-electron chi connectivity index (χ2n) is 9.84. The number of thiazole rings is 1. The van der Waals surface area contributed by atoms with E-state index >= 15 is 0 Å². The maximum atomic E-state index is 13.2. The highest BCUT2D eigenvalue weighted by molar-refractivity contribution is 7.98. The molecule has 1 atom stereocenters. The molecule has 3 aromatic rings. The molecule has 3 heterocycles. The lowest BCUT2D eigenvalue weighted by Crippen LogP contribution is -2.44. The summed E-state index contributed by atoms with van der Waals surface area (Å²) >= 11 is 9.80. The molecule has 196 valence electrons. The minimum absolute atomic E-state index is 0.107. The molecule has 7 nitrogen and oxygen atoms in total. The normalized spacial score (nSPS) is 22.7. The molecule has 1 aromatic carbocycles. The molecular formula is C27H30ClN3O4S2. The van der Waals surface area contributed by atoms with Gasteiger partial charge in [-0.3, -0.25) is 9.59 Å². The molecule has 0 bridgehead atoms. The summed E-state index contributed by atoms with van der Waals surface area (Å²) in [4.78, 5) is 33.8. The maximum absolute atomic E-state index is 13.2. The standard InChI is InChI=1S/C27H30ClN3O4S2/c1-14-11-21(36-4)19(25(33)31-14)13-30-24(32)18-12-20(28)23-22(15(18)2)34-27(3,35-23)17-7-5-16(6-8-17)26-29-9-10-37-26/h9-12,16-17H,5-8,13H2,1-4H3,(H,30,32)(H,31,33). The zero-order chi connectivity index (χ0) is 26.3. The Bertz CT molecular complexity index is 1380. The number of halogens is 1. The number of pyridine rings is 1. The summed E-state index contributed by atoms with van der Waals surface area (Å²) in [5.74, 6) is 0.511. The number of carbonyl (C=O) groups is 1. The Morgan fingerprint density at radius 1 is 1.24 bits per heavy atom. The molecule has 5 rings (SSSR count). The Kier molecular flexibility index (Phi) is 7.31. The first kappa shape index (κ1) is 26.1. The van der Waals surface area contributed by atoms with Gasteiger partial charge < -0.3 is 19.8 Å². The van der Waals surface area contributed by atoms with Crippen molar-refractivity contribution in [2.75, 3.05) is 6.26 Å². The van der Waals surface area contributed by atoms with E-state index in [-0.39, 0.29) is 23.9 Å². The molecule has 1 fully saturated rings. The van der Waals surface area contributed by atoms with E-state index in [2.05, 4.69) is 15.3 Å². The largest absolute Gasteiger partial charge is 0.448 e. The van der Waals surface area contributed by atoms with Gasteiger partial charge in [0.1, 0.15) is 0 Å². The van der Waals surface area contributed by atoms with Gasteiger partial charge in [0.15, 0.2) is 11.5 Å². The van der Waals surface area contributed by atoms with E-state index in [1.165, 1.54) is 16.8 Å². The van der Waals surface area contributed by atoms with Crippen molar-refractivity contribution in [2.45, 2.75) is 69.6 Å². The van der Waals surface area contributed by atoms with Crippen LogP contribution in [0.5, 0.6) is 11.5 Å². The molecule has 1 aliphatic carbocycles. The van der Waals surface area contributed by atoms with E-state index < -0.39 is 5.79 Å². The lowest BCUT2D eigenvalue weighted by atomic mass is 9.78. The number of aromatic nitrogens is 2. The lowest BCUT2D eigenvalue weighted by Gasteiger charge is -2.36. The van der Waals surface area contributed by atoms with Crippen LogP contribution in [0.25, 0.3) is 0 Å². The second kappa shape index (κ2) is 10.3. The van der Waals surface area contributed by atoms with Crippen molar-refractivity contribution < 1.29 is 14.3 Å². The van der Waals surface area contributed by atoms with Gasteiger partial charge in [-0.1, -0.05) is 11.6 Å². The van der Waals surface area contributed by atoms with Crippen molar-refractivity contribution in [2.24, 2.45) is 5.92 Å². The zero-order valence-corrected chi connectivity index (χ0v) is 23.7. The summed E-state index contributed by atoms with van der Waals surface area (Å²) in [5, 5.41) is 6.45. The van der Waals surface area contributed by atoms with Gasteiger partial charge in [-0.2, -0.15) is 0 Å². The third-order valence-corrected chi connectivity index (χ3v) is 9.46. The zero-order valence-electron chi connectivity index (χ0n) is 21.3. The molecule has 1 saturated carbocycles. The number of carbonyl (C=O) groups excluding carboxylic acids is 1. The number of rotatable bonds is 6. The molecule has 2 N–H and O–H groups in total. The Hall–Kier alpha value is -2.49. The van der Waals surface area contributed by atoms with Gasteiger partial charge in [0.25, 0.3) is 17.3 Å². The van der Waals surface area contributed by atoms with E-state index in [1.807, 2.05) is 44.7 Å². The Morgan fingerprint density at radius 3 is 2.65 bits per heavy atom. The molecule has 0 saturated heterocycles. The Morgan fingerprint density at radius 2 is 1.97 bits per heavy atom. The Labute approximate surface area is 229 Å². The van der Waals surface area contributed by atoms with Gasteiger partial charge in [-0.15, -0.1) is 23.1 Å². The van der Waals surface area contributed by atoms with E-state index in [0.29, 0.717) is 39.1 Å². The summed E-state index contributed by atoms with van der Waals surface area (Å²) in [7, 11) is 0. The highest BCUT2D eigenvalue weighted by atomic mass is 35.5. The molecule has 1 unspecified atom stereocenters. The van der Waals surface area contributed by atoms with Crippen LogP contribution in [0.2, 0.25) is 5.02 Å². The number of thioether (sulfide) groups is 1. The molecular weight excluding hydrogens is 530 g/mol. The van der Waals surface area contributed by atoms with Crippen LogP contribution in [-0.4, -0.2) is 27.9 Å². The number of ether oxygens (including phenoxy) is 2. The number of hydrogen-bond acceptors (Lipinski definition) is 7. The summed E-state index contributed by atoms with van der Waals surface area (Å²) in [6, 6.07) is 3.52. The monoisotopic (exact) mass is 559 g/mol. The average Bonchev–Trinajstić information content (AvgIpc) is 3.54. The first-order valence-electron chi connectivity index (χ1n) is 12.4. The minimum Gasteiger partial charge on any atom is -0.448 e. The van der Waals surface area contributed by atoms with Crippen molar-refractivity contribution in [3.05, 3.63) is 66.5 Å². The first-order chi connectivity index (χ1) is 17.7. The maximum Gasteiger partial charge on any atom is 0.254 e. The fourth-order valence-corrected chi connectivity index (χ4v) is 7.10. The molecule has 37 heavy (non-hydrogen) atoms. The van der Waals surface area contributed by atoms with Gasteiger partial charge in [0.05, 0.1) is 10.0 Å². The molecule has 1 amide bonds. The number of nitrogens with one attached hydrogen (secondary N) is 2. The van der Waals surface area contributed by atoms with E-state index in [0.717, 1.165) is 36.3 Å². The smallest absolute Gasteiger partial charge is 0.254 e. The fraction of sp³-hybridized carbons (Fsp3) is 0.444. The van der Waals surface area contributed by atoms with Gasteiger partial charge in [-0.25, -0.2) is 4.98 Å². The van der Waals surface area contributed by atoms with Crippen molar-refractivity contribution in [1.82, 2.24) is 15.3 Å². The summed E-state index contributed by atoms with van der Waals surface area (Å²) in [5.41, 5.74) is 2.17. The molecule has 2 aliphatic rings. The topological polar surface area (TPSA) is 93.3 Å². The van der Waals surface area contributed by atoms with E-state index in [4.69, 9.17) is 21.1 Å². The van der Waals surface area contributed by atoms with Gasteiger partial charge >= 0.3 is 0 Å². The van der Waals surface area contributed by atoms with Gasteiger partial charge in [-0.05, 0) is 57.9 Å². The summed E-state index contributed by atoms with van der Waals surface area (Å²) < 4.78 is 12.8. The molecule has 1 aliphatic heterocycles. The quantitative estimate of drug-likeness (QED) is 0.348. The molecule has 2 aromatic heterocycles. The number of nitrogens with zero attached hydrogens (tertiary/aromatic N) is 1. The summed E-state index contributed by atoms with van der Waals surface area (Å²) in [6.07, 6.45) is 7.76. The highest BCUT2D eigenvalue weighted by Gasteiger charge is 2.47. The number of H-pyrrole nitrogens is 1. The van der Waals surface area contributed by atoms with Gasteiger partial charge in [0.2, 0.25) is 0 Å². The first-order valence-corrected chi connectivity index (χ1v) is 14.8. The minimum atomic E-state index is -0.845. The van der Waals surface area contributed by atoms with Crippen LogP contribution in [0, 0.1) is 19.8 Å². The van der Waals surface area contributed by atoms with Crippen LogP contribution < -0.4 is 20.3 Å². The number of fused-ring (bicyclic) bond motifs is 1. The van der Waals surface area contributed by atoms with Crippen molar-refractivity contribution in [1.29, 1.82) is 0 Å². The lowest BCUT2D eigenvalue weighted by molar-refractivity contribution is -0.121. The van der Waals surface area contributed by atoms with Crippen LogP contribution in [0.1, 0.15) is 70.7 Å². The van der Waals surface area contributed by atoms with Crippen LogP contribution in [0.15, 0.2) is 33.4 Å². The van der Waals surface area contributed by atoms with E-state index in [1.54, 1.807) is 17.4 Å². The number of hydrogen-bond donors (Lipinski definition) is 2. The SMILES string of the molecule is CSc1cc(C)[nH]c(=O)c1CNC(=O)c1cc(Cl)c2c(c1C)OC(C)(C1CCC(c3nccs3)CC1)O2. The molecule has 0 radical (unpaired) electrons. The predicted octanol–water partition coefficient (Wildman–Crippen LogP) is 6.21. The second-order valence-corrected chi connectivity index (χ2v) is 12.0. The highest BCUT2D eigenvalue weighted by Crippen LogP contribution is 2.52. The van der Waals surface area contributed by atoms with Crippen LogP contribution in [0.4, 0.5) is 0 Å². The van der Waals surface area contributed by atoms with Crippen LogP contribution >= 0.6 is 34.7 Å². The van der Waals surface area contributed by atoms with E-state index in [9.17, 15) is 9.59 Å². The predicted molar refractivity (Wildman–Crippen MR) is 147 cm³/mol. The van der Waals surface area contributed by atoms with Gasteiger partial charge in [0, 0.05) is 64.2 Å². The Balaban J connectivity index is 1.31. The van der Waals surface area contributed by atoms with Crippen LogP contribution in [0.3, 0.4) is 0 Å². The van der Waals surface area contributed by atoms with Crippen molar-refractivity contribution in [3.63, 3.8) is 0 Å². The fourth-order valence-electron chi connectivity index (χ4n) is 5.35. The third-order valence-electron chi connectivity index (χ3n) is 7.44. The number of benzene rings is 1. The number of aromatic amines is 1. The number of aryl methyl sites for hydroxylation is 1. The molecule has 0 spiro atoms. The molecule has 10 heteroatoms. The number of amides is 1. The van der Waals surface area contributed by atoms with Crippen molar-refractivity contribution in [3.8, 4) is 11.5 Å². The summed E-state index contributed by atoms with van der Waals surface area (Å²) in [6.45, 7) is 5.74. The van der Waals surface area contributed by atoms with Crippen LogP contribution in [-0.2, 0) is 6.54 Å². The van der Waals surface area contributed by atoms with Crippen molar-refractivity contribution >= 4 is 40.6 Å². The average molecular weight is 560 g/mol. The third kappa shape index (κ3) is 5.01.